The molecule has 0 spiro atoms. The highest BCUT2D eigenvalue weighted by Gasteiger charge is 2.18. The van der Waals surface area contributed by atoms with Crippen LogP contribution in [0.5, 0.6) is 0 Å². The van der Waals surface area contributed by atoms with Crippen molar-refractivity contribution in [3.63, 3.8) is 0 Å². The summed E-state index contributed by atoms with van der Waals surface area (Å²) < 4.78 is 0. The van der Waals surface area contributed by atoms with Gasteiger partial charge in [0.05, 0.1) is 0 Å². The molecule has 0 unspecified atom stereocenters. The molecule has 1 fully saturated rings. The maximum absolute atomic E-state index is 4.77. The van der Waals surface area contributed by atoms with E-state index in [1.54, 1.807) is 11.3 Å². The first-order valence-electron chi connectivity index (χ1n) is 6.42. The zero-order valence-corrected chi connectivity index (χ0v) is 11.3. The van der Waals surface area contributed by atoms with Gasteiger partial charge in [0, 0.05) is 28.2 Å². The summed E-state index contributed by atoms with van der Waals surface area (Å²) in [6, 6.07) is 4.23. The highest BCUT2D eigenvalue weighted by Crippen LogP contribution is 2.26. The highest BCUT2D eigenvalue weighted by atomic mass is 32.1. The van der Waals surface area contributed by atoms with Gasteiger partial charge in [-0.2, -0.15) is 11.3 Å². The van der Waals surface area contributed by atoms with Gasteiger partial charge in [-0.05, 0) is 50.4 Å². The molecule has 3 rings (SSSR count). The molecule has 0 saturated carbocycles. The summed E-state index contributed by atoms with van der Waals surface area (Å²) in [5.74, 6) is 1.47. The van der Waals surface area contributed by atoms with Crippen LogP contribution in [0.3, 0.4) is 0 Å². The lowest BCUT2D eigenvalue weighted by molar-refractivity contribution is 0.453. The molecule has 0 bridgehead atoms. The zero-order chi connectivity index (χ0) is 12.4. The van der Waals surface area contributed by atoms with Crippen LogP contribution in [0.25, 0.3) is 11.4 Å². The molecule has 0 radical (unpaired) electrons. The summed E-state index contributed by atoms with van der Waals surface area (Å²) >= 11 is 1.69. The van der Waals surface area contributed by atoms with E-state index in [4.69, 9.17) is 4.98 Å². The topological polar surface area (TPSA) is 37.8 Å². The van der Waals surface area contributed by atoms with Crippen LogP contribution in [0.4, 0.5) is 0 Å². The third kappa shape index (κ3) is 2.44. The fourth-order valence-corrected chi connectivity index (χ4v) is 3.07. The van der Waals surface area contributed by atoms with Crippen molar-refractivity contribution in [2.75, 3.05) is 13.1 Å². The van der Waals surface area contributed by atoms with E-state index in [-0.39, 0.29) is 0 Å². The van der Waals surface area contributed by atoms with Gasteiger partial charge in [0.2, 0.25) is 0 Å². The molecule has 1 aliphatic rings. The largest absolute Gasteiger partial charge is 0.317 e. The molecule has 0 amide bonds. The molecule has 2 aromatic heterocycles. The van der Waals surface area contributed by atoms with Crippen LogP contribution < -0.4 is 5.32 Å². The molecule has 2 aromatic rings. The minimum Gasteiger partial charge on any atom is -0.317 e. The van der Waals surface area contributed by atoms with Crippen molar-refractivity contribution >= 4 is 11.3 Å². The third-order valence-electron chi connectivity index (χ3n) is 3.41. The van der Waals surface area contributed by atoms with Crippen LogP contribution in [0.15, 0.2) is 22.9 Å². The van der Waals surface area contributed by atoms with Gasteiger partial charge in [-0.25, -0.2) is 9.97 Å². The maximum Gasteiger partial charge on any atom is 0.160 e. The van der Waals surface area contributed by atoms with Gasteiger partial charge < -0.3 is 5.32 Å². The summed E-state index contributed by atoms with van der Waals surface area (Å²) in [6.07, 6.45) is 2.36. The van der Waals surface area contributed by atoms with Crippen LogP contribution in [0.1, 0.15) is 30.1 Å². The van der Waals surface area contributed by atoms with Gasteiger partial charge in [0.15, 0.2) is 5.82 Å². The monoisotopic (exact) mass is 259 g/mol. The molecule has 94 valence electrons. The lowest BCUT2D eigenvalue weighted by atomic mass is 9.94. The van der Waals surface area contributed by atoms with Gasteiger partial charge >= 0.3 is 0 Å². The van der Waals surface area contributed by atoms with E-state index < -0.39 is 0 Å². The van der Waals surface area contributed by atoms with E-state index in [2.05, 4.69) is 40.1 Å². The third-order valence-corrected chi connectivity index (χ3v) is 4.09. The molecular formula is C14H17N3S. The molecule has 1 aliphatic heterocycles. The summed E-state index contributed by atoms with van der Waals surface area (Å²) in [4.78, 5) is 9.32. The minimum absolute atomic E-state index is 0.588. The number of rotatable bonds is 2. The average Bonchev–Trinajstić information content (AvgIpc) is 2.93. The lowest BCUT2D eigenvalue weighted by Crippen LogP contribution is -2.27. The standard InChI is InChI=1S/C14H17N3S/c1-10-8-13(11-2-5-15-6-3-11)17-14(16-10)12-4-7-18-9-12/h4,7-9,11,15H,2-3,5-6H2,1H3. The Labute approximate surface area is 111 Å². The Hall–Kier alpha value is -1.26. The highest BCUT2D eigenvalue weighted by molar-refractivity contribution is 7.08. The molecule has 18 heavy (non-hydrogen) atoms. The van der Waals surface area contributed by atoms with Crippen molar-refractivity contribution in [3.05, 3.63) is 34.3 Å². The normalized spacial score (nSPS) is 16.9. The molecule has 1 saturated heterocycles. The van der Waals surface area contributed by atoms with Crippen LogP contribution in [0, 0.1) is 6.92 Å². The zero-order valence-electron chi connectivity index (χ0n) is 10.5. The lowest BCUT2D eigenvalue weighted by Gasteiger charge is -2.22. The first kappa shape index (κ1) is 11.8. The first-order chi connectivity index (χ1) is 8.83. The number of piperidine rings is 1. The van der Waals surface area contributed by atoms with Gasteiger partial charge in [0.1, 0.15) is 0 Å². The number of aromatic nitrogens is 2. The number of nitrogens with zero attached hydrogens (tertiary/aromatic N) is 2. The Kier molecular flexibility index (Phi) is 3.39. The number of nitrogens with one attached hydrogen (secondary N) is 1. The Bertz CT molecular complexity index is 516. The predicted octanol–water partition coefficient (Wildman–Crippen LogP) is 2.98. The van der Waals surface area contributed by atoms with Crippen molar-refractivity contribution < 1.29 is 0 Å². The molecule has 0 aliphatic carbocycles. The number of aryl methyl sites for hydroxylation is 1. The van der Waals surface area contributed by atoms with E-state index in [1.165, 1.54) is 18.5 Å². The molecule has 0 atom stereocenters. The van der Waals surface area contributed by atoms with Crippen molar-refractivity contribution in [2.24, 2.45) is 0 Å². The number of hydrogen-bond donors (Lipinski definition) is 1. The van der Waals surface area contributed by atoms with E-state index in [0.717, 1.165) is 30.2 Å². The second-order valence-corrected chi connectivity index (χ2v) is 5.57. The van der Waals surface area contributed by atoms with Crippen molar-refractivity contribution in [2.45, 2.75) is 25.7 Å². The average molecular weight is 259 g/mol. The van der Waals surface area contributed by atoms with E-state index >= 15 is 0 Å². The first-order valence-corrected chi connectivity index (χ1v) is 7.36. The van der Waals surface area contributed by atoms with Crippen molar-refractivity contribution in [1.29, 1.82) is 0 Å². The molecule has 3 nitrogen and oxygen atoms in total. The Morgan fingerprint density at radius 1 is 1.28 bits per heavy atom. The van der Waals surface area contributed by atoms with E-state index in [9.17, 15) is 0 Å². The fourth-order valence-electron chi connectivity index (χ4n) is 2.44. The number of hydrogen-bond acceptors (Lipinski definition) is 4. The second-order valence-electron chi connectivity index (χ2n) is 4.79. The smallest absolute Gasteiger partial charge is 0.160 e. The summed E-state index contributed by atoms with van der Waals surface area (Å²) in [5.41, 5.74) is 3.42. The van der Waals surface area contributed by atoms with Gasteiger partial charge in [0.25, 0.3) is 0 Å². The molecule has 0 aromatic carbocycles. The maximum atomic E-state index is 4.77. The molecule has 3 heterocycles. The van der Waals surface area contributed by atoms with Crippen LogP contribution >= 0.6 is 11.3 Å². The second kappa shape index (κ2) is 5.16. The van der Waals surface area contributed by atoms with Gasteiger partial charge in [-0.15, -0.1) is 0 Å². The van der Waals surface area contributed by atoms with Gasteiger partial charge in [-0.3, -0.25) is 0 Å². The van der Waals surface area contributed by atoms with Crippen LogP contribution in [-0.2, 0) is 0 Å². The molecule has 1 N–H and O–H groups in total. The Balaban J connectivity index is 1.95. The molecule has 4 heteroatoms. The van der Waals surface area contributed by atoms with Gasteiger partial charge in [-0.1, -0.05) is 0 Å². The van der Waals surface area contributed by atoms with Crippen molar-refractivity contribution in [1.82, 2.24) is 15.3 Å². The van der Waals surface area contributed by atoms with E-state index in [1.807, 2.05) is 0 Å². The summed E-state index contributed by atoms with van der Waals surface area (Å²) in [7, 11) is 0. The van der Waals surface area contributed by atoms with Crippen LogP contribution in [0.2, 0.25) is 0 Å². The summed E-state index contributed by atoms with van der Waals surface area (Å²) in [6.45, 7) is 4.26. The van der Waals surface area contributed by atoms with E-state index in [0.29, 0.717) is 5.92 Å². The quantitative estimate of drug-likeness (QED) is 0.901. The molecular weight excluding hydrogens is 242 g/mol. The predicted molar refractivity (Wildman–Crippen MR) is 74.9 cm³/mol. The minimum atomic E-state index is 0.588. The SMILES string of the molecule is Cc1cc(C2CCNCC2)nc(-c2ccsc2)n1. The number of thiophene rings is 1. The van der Waals surface area contributed by atoms with Crippen molar-refractivity contribution in [3.8, 4) is 11.4 Å². The fraction of sp³-hybridized carbons (Fsp3) is 0.429. The summed E-state index contributed by atoms with van der Waals surface area (Å²) in [5, 5.41) is 7.59. The van der Waals surface area contributed by atoms with Crippen LogP contribution in [-0.4, -0.2) is 23.1 Å². The Morgan fingerprint density at radius 3 is 2.83 bits per heavy atom. The Morgan fingerprint density at radius 2 is 2.11 bits per heavy atom.